The van der Waals surface area contributed by atoms with E-state index in [0.717, 1.165) is 29.9 Å². The van der Waals surface area contributed by atoms with Crippen molar-refractivity contribution in [2.24, 2.45) is 11.8 Å². The molecule has 2 aliphatic rings. The molecule has 120 valence electrons. The fourth-order valence-corrected chi connectivity index (χ4v) is 4.14. The van der Waals surface area contributed by atoms with E-state index < -0.39 is 0 Å². The molecule has 5 nitrogen and oxygen atoms in total. The van der Waals surface area contributed by atoms with E-state index in [4.69, 9.17) is 0 Å². The molecule has 5 heteroatoms. The maximum atomic E-state index is 13.2. The number of rotatable bonds is 2. The van der Waals surface area contributed by atoms with Gasteiger partial charge in [0.15, 0.2) is 0 Å². The Morgan fingerprint density at radius 1 is 1.13 bits per heavy atom. The SMILES string of the molecule is Cc1ccc(-n2cnnc2)c(C(=O)N2CC3CCCC(C3)C2)c1. The number of hydrogen-bond donors (Lipinski definition) is 0. The van der Waals surface area contributed by atoms with Crippen LogP contribution >= 0.6 is 0 Å². The molecule has 1 saturated carbocycles. The second-order valence-electron chi connectivity index (χ2n) is 7.00. The highest BCUT2D eigenvalue weighted by atomic mass is 16.2. The Bertz CT molecular complexity index is 698. The van der Waals surface area contributed by atoms with Crippen LogP contribution in [0.3, 0.4) is 0 Å². The fourth-order valence-electron chi connectivity index (χ4n) is 4.14. The average Bonchev–Trinajstić information content (AvgIpc) is 3.08. The molecule has 2 fully saturated rings. The zero-order chi connectivity index (χ0) is 15.8. The molecule has 1 aliphatic heterocycles. The van der Waals surface area contributed by atoms with E-state index in [1.807, 2.05) is 29.7 Å². The van der Waals surface area contributed by atoms with Crippen molar-refractivity contribution in [3.05, 3.63) is 42.0 Å². The largest absolute Gasteiger partial charge is 0.338 e. The van der Waals surface area contributed by atoms with E-state index in [9.17, 15) is 4.79 Å². The maximum absolute atomic E-state index is 13.2. The average molecular weight is 310 g/mol. The molecule has 2 unspecified atom stereocenters. The summed E-state index contributed by atoms with van der Waals surface area (Å²) in [7, 11) is 0. The Kier molecular flexibility index (Phi) is 3.63. The van der Waals surface area contributed by atoms with Gasteiger partial charge < -0.3 is 4.90 Å². The third-order valence-corrected chi connectivity index (χ3v) is 5.22. The summed E-state index contributed by atoms with van der Waals surface area (Å²) < 4.78 is 1.82. The number of benzene rings is 1. The van der Waals surface area contributed by atoms with Gasteiger partial charge in [-0.25, -0.2) is 0 Å². The number of likely N-dealkylation sites (tertiary alicyclic amines) is 1. The normalized spacial score (nSPS) is 23.8. The molecule has 2 bridgehead atoms. The molecule has 2 aromatic rings. The summed E-state index contributed by atoms with van der Waals surface area (Å²) in [4.78, 5) is 15.2. The number of hydrogen-bond acceptors (Lipinski definition) is 3. The monoisotopic (exact) mass is 310 g/mol. The molecule has 1 saturated heterocycles. The minimum atomic E-state index is 0.147. The van der Waals surface area contributed by atoms with E-state index in [-0.39, 0.29) is 5.91 Å². The highest BCUT2D eigenvalue weighted by Gasteiger charge is 2.33. The van der Waals surface area contributed by atoms with Crippen molar-refractivity contribution >= 4 is 5.91 Å². The smallest absolute Gasteiger partial charge is 0.256 e. The van der Waals surface area contributed by atoms with E-state index in [1.165, 1.54) is 25.7 Å². The number of piperidine rings is 1. The van der Waals surface area contributed by atoms with E-state index in [1.54, 1.807) is 12.7 Å². The molecule has 1 aromatic heterocycles. The predicted octanol–water partition coefficient (Wildman–Crippen LogP) is 2.84. The first-order valence-corrected chi connectivity index (χ1v) is 8.45. The molecule has 2 heterocycles. The summed E-state index contributed by atoms with van der Waals surface area (Å²) in [5.41, 5.74) is 2.72. The van der Waals surface area contributed by atoms with Crippen LogP contribution in [0.25, 0.3) is 5.69 Å². The number of nitrogens with zero attached hydrogens (tertiary/aromatic N) is 4. The van der Waals surface area contributed by atoms with Gasteiger partial charge in [0.05, 0.1) is 11.3 Å². The van der Waals surface area contributed by atoms with Crippen LogP contribution in [0, 0.1) is 18.8 Å². The van der Waals surface area contributed by atoms with Crippen LogP contribution in [0.4, 0.5) is 0 Å². The number of amides is 1. The molecular formula is C18H22N4O. The molecule has 0 radical (unpaired) electrons. The van der Waals surface area contributed by atoms with Crippen LogP contribution in [0.15, 0.2) is 30.9 Å². The molecule has 1 aromatic carbocycles. The zero-order valence-electron chi connectivity index (χ0n) is 13.5. The van der Waals surface area contributed by atoms with Gasteiger partial charge in [-0.05, 0) is 50.2 Å². The molecule has 4 rings (SSSR count). The molecule has 0 N–H and O–H groups in total. The zero-order valence-corrected chi connectivity index (χ0v) is 13.5. The number of carbonyl (C=O) groups is 1. The third-order valence-electron chi connectivity index (χ3n) is 5.22. The van der Waals surface area contributed by atoms with Gasteiger partial charge in [0.25, 0.3) is 5.91 Å². The van der Waals surface area contributed by atoms with Crippen LogP contribution in [-0.4, -0.2) is 38.7 Å². The van der Waals surface area contributed by atoms with Crippen molar-refractivity contribution in [2.45, 2.75) is 32.6 Å². The minimum absolute atomic E-state index is 0.147. The van der Waals surface area contributed by atoms with Gasteiger partial charge in [-0.1, -0.05) is 18.1 Å². The summed E-state index contributed by atoms with van der Waals surface area (Å²) >= 11 is 0. The molecule has 23 heavy (non-hydrogen) atoms. The van der Waals surface area contributed by atoms with Crippen molar-refractivity contribution in [1.82, 2.24) is 19.7 Å². The fraction of sp³-hybridized carbons (Fsp3) is 0.500. The van der Waals surface area contributed by atoms with Gasteiger partial charge in [-0.15, -0.1) is 10.2 Å². The standard InChI is InChI=1S/C18H22N4O/c1-13-5-6-17(22-11-19-20-12-22)16(7-13)18(23)21-9-14-3-2-4-15(8-14)10-21/h5-7,11-12,14-15H,2-4,8-10H2,1H3. The molecule has 2 atom stereocenters. The summed E-state index contributed by atoms with van der Waals surface area (Å²) in [5, 5.41) is 7.74. The van der Waals surface area contributed by atoms with E-state index in [2.05, 4.69) is 15.1 Å². The number of fused-ring (bicyclic) bond motifs is 2. The lowest BCUT2D eigenvalue weighted by molar-refractivity contribution is 0.0504. The number of carbonyl (C=O) groups excluding carboxylic acids is 1. The second kappa shape index (κ2) is 5.80. The van der Waals surface area contributed by atoms with Crippen LogP contribution in [0.5, 0.6) is 0 Å². The molecule has 1 aliphatic carbocycles. The van der Waals surface area contributed by atoms with Crippen molar-refractivity contribution in [2.75, 3.05) is 13.1 Å². The number of aryl methyl sites for hydroxylation is 1. The Morgan fingerprint density at radius 2 is 1.83 bits per heavy atom. The van der Waals surface area contributed by atoms with Gasteiger partial charge in [0.1, 0.15) is 12.7 Å². The second-order valence-corrected chi connectivity index (χ2v) is 7.00. The van der Waals surface area contributed by atoms with Gasteiger partial charge in [0, 0.05) is 13.1 Å². The van der Waals surface area contributed by atoms with E-state index in [0.29, 0.717) is 11.8 Å². The van der Waals surface area contributed by atoms with Crippen molar-refractivity contribution in [3.63, 3.8) is 0 Å². The Labute approximate surface area is 136 Å². The highest BCUT2D eigenvalue weighted by Crippen LogP contribution is 2.35. The Balaban J connectivity index is 1.67. The predicted molar refractivity (Wildman–Crippen MR) is 87.4 cm³/mol. The Morgan fingerprint density at radius 3 is 2.52 bits per heavy atom. The lowest BCUT2D eigenvalue weighted by Crippen LogP contribution is -2.45. The summed E-state index contributed by atoms with van der Waals surface area (Å²) in [6.07, 6.45) is 8.46. The first-order valence-electron chi connectivity index (χ1n) is 8.45. The van der Waals surface area contributed by atoms with Gasteiger partial charge in [-0.2, -0.15) is 0 Å². The first kappa shape index (κ1) is 14.4. The summed E-state index contributed by atoms with van der Waals surface area (Å²) in [5.74, 6) is 1.53. The minimum Gasteiger partial charge on any atom is -0.338 e. The molecule has 0 spiro atoms. The quantitative estimate of drug-likeness (QED) is 0.857. The van der Waals surface area contributed by atoms with Gasteiger partial charge >= 0.3 is 0 Å². The maximum Gasteiger partial charge on any atom is 0.256 e. The van der Waals surface area contributed by atoms with Crippen molar-refractivity contribution in [3.8, 4) is 5.69 Å². The van der Waals surface area contributed by atoms with Crippen LogP contribution in [-0.2, 0) is 0 Å². The van der Waals surface area contributed by atoms with Crippen molar-refractivity contribution in [1.29, 1.82) is 0 Å². The first-order chi connectivity index (χ1) is 11.2. The lowest BCUT2D eigenvalue weighted by atomic mass is 9.78. The highest BCUT2D eigenvalue weighted by molar-refractivity contribution is 5.98. The van der Waals surface area contributed by atoms with Crippen LogP contribution < -0.4 is 0 Å². The van der Waals surface area contributed by atoms with Crippen LogP contribution in [0.2, 0.25) is 0 Å². The van der Waals surface area contributed by atoms with Gasteiger partial charge in [0.2, 0.25) is 0 Å². The summed E-state index contributed by atoms with van der Waals surface area (Å²) in [6, 6.07) is 6.00. The Hall–Kier alpha value is -2.17. The van der Waals surface area contributed by atoms with Gasteiger partial charge in [-0.3, -0.25) is 9.36 Å². The van der Waals surface area contributed by atoms with Crippen LogP contribution in [0.1, 0.15) is 41.6 Å². The van der Waals surface area contributed by atoms with E-state index >= 15 is 0 Å². The molecule has 1 amide bonds. The lowest BCUT2D eigenvalue weighted by Gasteiger charge is -2.41. The summed E-state index contributed by atoms with van der Waals surface area (Å²) in [6.45, 7) is 3.84. The topological polar surface area (TPSA) is 51.0 Å². The van der Waals surface area contributed by atoms with Crippen molar-refractivity contribution < 1.29 is 4.79 Å². The molecular weight excluding hydrogens is 288 g/mol. The third kappa shape index (κ3) is 2.76. The number of aromatic nitrogens is 3.